The number of benzene rings is 1. The van der Waals surface area contributed by atoms with Gasteiger partial charge in [0.15, 0.2) is 0 Å². The van der Waals surface area contributed by atoms with Crippen LogP contribution in [0.5, 0.6) is 5.75 Å². The number of likely N-dealkylation sites (tertiary alicyclic amines) is 1. The lowest BCUT2D eigenvalue weighted by Gasteiger charge is -2.36. The zero-order valence-corrected chi connectivity index (χ0v) is 15.7. The van der Waals surface area contributed by atoms with Crippen LogP contribution in [0.3, 0.4) is 0 Å². The first-order valence-electron chi connectivity index (χ1n) is 10.2. The molecule has 2 fully saturated rings. The molecule has 26 heavy (non-hydrogen) atoms. The van der Waals surface area contributed by atoms with Gasteiger partial charge in [0.2, 0.25) is 5.91 Å². The van der Waals surface area contributed by atoms with Gasteiger partial charge in [0.05, 0.1) is 13.2 Å². The number of ether oxygens (including phenoxy) is 1. The maximum absolute atomic E-state index is 12.3. The maximum atomic E-state index is 12.3. The van der Waals surface area contributed by atoms with Crippen LogP contribution in [0.25, 0.3) is 0 Å². The number of carbonyl (C=O) groups excluding carboxylic acids is 1. The van der Waals surface area contributed by atoms with Gasteiger partial charge in [-0.1, -0.05) is 18.2 Å². The summed E-state index contributed by atoms with van der Waals surface area (Å²) in [5.41, 5.74) is 1.35. The minimum atomic E-state index is 0.327. The molecule has 0 bridgehead atoms. The van der Waals surface area contributed by atoms with Gasteiger partial charge in [0.25, 0.3) is 0 Å². The number of carbonyl (C=O) groups is 1. The Morgan fingerprint density at radius 1 is 1.00 bits per heavy atom. The zero-order chi connectivity index (χ0) is 17.8. The van der Waals surface area contributed by atoms with Gasteiger partial charge in [-0.05, 0) is 43.2 Å². The second-order valence-corrected chi connectivity index (χ2v) is 7.98. The number of fused-ring (bicyclic) bond motifs is 1. The van der Waals surface area contributed by atoms with Crippen molar-refractivity contribution in [2.45, 2.75) is 25.7 Å². The third kappa shape index (κ3) is 4.38. The van der Waals surface area contributed by atoms with Gasteiger partial charge in [0, 0.05) is 45.8 Å². The van der Waals surface area contributed by atoms with E-state index in [1.807, 2.05) is 4.90 Å². The highest BCUT2D eigenvalue weighted by Gasteiger charge is 2.25. The Labute approximate surface area is 156 Å². The van der Waals surface area contributed by atoms with Crippen LogP contribution in [0.2, 0.25) is 0 Å². The average molecular weight is 357 g/mol. The molecule has 2 saturated heterocycles. The van der Waals surface area contributed by atoms with Crippen LogP contribution in [0.1, 0.15) is 24.8 Å². The topological polar surface area (TPSA) is 36.0 Å². The van der Waals surface area contributed by atoms with E-state index in [1.54, 1.807) is 0 Å². The van der Waals surface area contributed by atoms with E-state index in [4.69, 9.17) is 4.74 Å². The lowest BCUT2D eigenvalue weighted by molar-refractivity contribution is -0.131. The van der Waals surface area contributed by atoms with Crippen molar-refractivity contribution in [2.24, 2.45) is 5.92 Å². The normalized spacial score (nSPS) is 24.8. The van der Waals surface area contributed by atoms with Gasteiger partial charge in [-0.25, -0.2) is 0 Å². The van der Waals surface area contributed by atoms with Crippen LogP contribution < -0.4 is 4.74 Å². The molecule has 142 valence electrons. The Balaban J connectivity index is 1.23. The Kier molecular flexibility index (Phi) is 5.75. The molecule has 0 unspecified atom stereocenters. The molecule has 0 aliphatic carbocycles. The third-order valence-electron chi connectivity index (χ3n) is 6.06. The monoisotopic (exact) mass is 357 g/mol. The second-order valence-electron chi connectivity index (χ2n) is 7.98. The minimum absolute atomic E-state index is 0.327. The summed E-state index contributed by atoms with van der Waals surface area (Å²) in [4.78, 5) is 19.3. The van der Waals surface area contributed by atoms with Crippen molar-refractivity contribution in [3.05, 3.63) is 29.8 Å². The number of nitrogens with zero attached hydrogens (tertiary/aromatic N) is 3. The van der Waals surface area contributed by atoms with E-state index in [9.17, 15) is 4.79 Å². The van der Waals surface area contributed by atoms with E-state index >= 15 is 0 Å². The quantitative estimate of drug-likeness (QED) is 0.824. The van der Waals surface area contributed by atoms with E-state index < -0.39 is 0 Å². The number of piperazine rings is 1. The van der Waals surface area contributed by atoms with E-state index in [1.165, 1.54) is 18.4 Å². The Bertz CT molecular complexity index is 607. The van der Waals surface area contributed by atoms with Crippen molar-refractivity contribution in [2.75, 3.05) is 59.0 Å². The van der Waals surface area contributed by atoms with Crippen LogP contribution in [0.15, 0.2) is 24.3 Å². The van der Waals surface area contributed by atoms with Crippen LogP contribution in [-0.2, 0) is 11.2 Å². The van der Waals surface area contributed by atoms with E-state index in [0.29, 0.717) is 18.4 Å². The van der Waals surface area contributed by atoms with Crippen molar-refractivity contribution >= 4 is 5.91 Å². The maximum Gasteiger partial charge on any atom is 0.236 e. The molecule has 1 aromatic carbocycles. The fraction of sp³-hybridized carbons (Fsp3) is 0.667. The molecule has 1 aromatic rings. The van der Waals surface area contributed by atoms with Crippen molar-refractivity contribution < 1.29 is 9.53 Å². The number of amides is 1. The van der Waals surface area contributed by atoms with Gasteiger partial charge in [-0.15, -0.1) is 0 Å². The number of rotatable bonds is 4. The first kappa shape index (κ1) is 17.8. The molecule has 0 aromatic heterocycles. The fourth-order valence-corrected chi connectivity index (χ4v) is 4.47. The molecule has 5 nitrogen and oxygen atoms in total. The van der Waals surface area contributed by atoms with Crippen molar-refractivity contribution in [3.63, 3.8) is 0 Å². The molecule has 4 rings (SSSR count). The molecule has 1 amide bonds. The lowest BCUT2D eigenvalue weighted by atomic mass is 9.96. The molecule has 0 saturated carbocycles. The fourth-order valence-electron chi connectivity index (χ4n) is 4.47. The van der Waals surface area contributed by atoms with Gasteiger partial charge < -0.3 is 14.5 Å². The first-order valence-corrected chi connectivity index (χ1v) is 10.2. The highest BCUT2D eigenvalue weighted by atomic mass is 16.5. The number of hydrogen-bond acceptors (Lipinski definition) is 4. The van der Waals surface area contributed by atoms with Crippen LogP contribution in [0, 0.1) is 5.92 Å². The Hall–Kier alpha value is -1.59. The number of hydrogen-bond donors (Lipinski definition) is 0. The summed E-state index contributed by atoms with van der Waals surface area (Å²) in [6, 6.07) is 8.46. The molecule has 3 aliphatic rings. The molecule has 0 radical (unpaired) electrons. The van der Waals surface area contributed by atoms with E-state index in [-0.39, 0.29) is 0 Å². The molecule has 3 aliphatic heterocycles. The Morgan fingerprint density at radius 2 is 1.73 bits per heavy atom. The summed E-state index contributed by atoms with van der Waals surface area (Å²) in [6.07, 6.45) is 4.59. The lowest BCUT2D eigenvalue weighted by Crippen LogP contribution is -2.50. The smallest absolute Gasteiger partial charge is 0.236 e. The summed E-state index contributed by atoms with van der Waals surface area (Å²) in [5, 5.41) is 0. The van der Waals surface area contributed by atoms with E-state index in [2.05, 4.69) is 34.1 Å². The highest BCUT2D eigenvalue weighted by molar-refractivity contribution is 5.78. The molecular weight excluding hydrogens is 326 g/mol. The predicted molar refractivity (Wildman–Crippen MR) is 102 cm³/mol. The van der Waals surface area contributed by atoms with Crippen molar-refractivity contribution in [1.29, 1.82) is 0 Å². The summed E-state index contributed by atoms with van der Waals surface area (Å²) >= 11 is 0. The largest absolute Gasteiger partial charge is 0.493 e. The molecule has 0 spiro atoms. The molecule has 0 N–H and O–H groups in total. The van der Waals surface area contributed by atoms with Crippen LogP contribution in [-0.4, -0.2) is 79.6 Å². The summed E-state index contributed by atoms with van der Waals surface area (Å²) < 4.78 is 5.91. The van der Waals surface area contributed by atoms with Crippen molar-refractivity contribution in [3.8, 4) is 5.75 Å². The standard InChI is InChI=1S/C21H31N3O2/c25-21(24-8-3-4-9-24)17-23-12-10-22(11-13-23)16-18-7-14-26-20-6-2-1-5-19(20)15-18/h1-2,5-6,18H,3-4,7-17H2/t18-/m1/s1. The SMILES string of the molecule is O=C(CN1CCN(C[C@@H]2CCOc3ccccc3C2)CC1)N1CCCC1. The second kappa shape index (κ2) is 8.40. The predicted octanol–water partition coefficient (Wildman–Crippen LogP) is 1.87. The first-order chi connectivity index (χ1) is 12.8. The van der Waals surface area contributed by atoms with Gasteiger partial charge in [-0.3, -0.25) is 9.69 Å². The molecular formula is C21H31N3O2. The van der Waals surface area contributed by atoms with E-state index in [0.717, 1.165) is 71.0 Å². The average Bonchev–Trinajstić information content (AvgIpc) is 3.12. The molecule has 3 heterocycles. The third-order valence-corrected chi connectivity index (χ3v) is 6.06. The molecule has 1 atom stereocenters. The molecule has 5 heteroatoms. The number of para-hydroxylation sites is 1. The van der Waals surface area contributed by atoms with Crippen LogP contribution >= 0.6 is 0 Å². The minimum Gasteiger partial charge on any atom is -0.493 e. The van der Waals surface area contributed by atoms with Gasteiger partial charge in [0.1, 0.15) is 5.75 Å². The summed E-state index contributed by atoms with van der Waals surface area (Å²) in [7, 11) is 0. The highest BCUT2D eigenvalue weighted by Crippen LogP contribution is 2.27. The van der Waals surface area contributed by atoms with Gasteiger partial charge >= 0.3 is 0 Å². The summed E-state index contributed by atoms with van der Waals surface area (Å²) in [5.74, 6) is 2.06. The van der Waals surface area contributed by atoms with Gasteiger partial charge in [-0.2, -0.15) is 0 Å². The van der Waals surface area contributed by atoms with Crippen LogP contribution in [0.4, 0.5) is 0 Å². The summed E-state index contributed by atoms with van der Waals surface area (Å²) in [6.45, 7) is 8.68. The van der Waals surface area contributed by atoms with Crippen molar-refractivity contribution in [1.82, 2.24) is 14.7 Å². The Morgan fingerprint density at radius 3 is 2.54 bits per heavy atom. The zero-order valence-electron chi connectivity index (χ0n) is 15.7.